The molecule has 1 rings (SSSR count). The van der Waals surface area contributed by atoms with E-state index in [0.717, 1.165) is 10.7 Å². The van der Waals surface area contributed by atoms with Gasteiger partial charge in [0.1, 0.15) is 6.33 Å². The summed E-state index contributed by atoms with van der Waals surface area (Å²) in [5.74, 6) is -0.239. The molecule has 4 nitrogen and oxygen atoms in total. The fourth-order valence-corrected chi connectivity index (χ4v) is 1.92. The highest BCUT2D eigenvalue weighted by molar-refractivity contribution is 7.99. The minimum absolute atomic E-state index is 0.359. The number of carbonyl (C=O) groups is 1. The van der Waals surface area contributed by atoms with E-state index >= 15 is 0 Å². The number of hydrogen-bond acceptors (Lipinski definition) is 4. The van der Waals surface area contributed by atoms with Crippen molar-refractivity contribution in [3.8, 4) is 0 Å². The van der Waals surface area contributed by atoms with Gasteiger partial charge >= 0.3 is 5.97 Å². The van der Waals surface area contributed by atoms with E-state index in [9.17, 15) is 4.79 Å². The zero-order valence-corrected chi connectivity index (χ0v) is 10.5. The molecule has 0 bridgehead atoms. The summed E-state index contributed by atoms with van der Waals surface area (Å²) in [5.41, 5.74) is 0.987. The van der Waals surface area contributed by atoms with E-state index in [2.05, 4.69) is 23.8 Å². The van der Waals surface area contributed by atoms with Crippen LogP contribution in [0.5, 0.6) is 0 Å². The summed E-state index contributed by atoms with van der Waals surface area (Å²) >= 11 is 1.46. The predicted octanol–water partition coefficient (Wildman–Crippen LogP) is 2.41. The minimum Gasteiger partial charge on any atom is -0.481 e. The third kappa shape index (κ3) is 3.81. The first kappa shape index (κ1) is 13.0. The summed E-state index contributed by atoms with van der Waals surface area (Å²) in [4.78, 5) is 18.9. The van der Waals surface area contributed by atoms with Crippen LogP contribution in [0.2, 0.25) is 0 Å². The van der Waals surface area contributed by atoms with Gasteiger partial charge in [-0.05, 0) is 12.0 Å². The van der Waals surface area contributed by atoms with Crippen molar-refractivity contribution in [3.63, 3.8) is 0 Å². The van der Waals surface area contributed by atoms with Crippen molar-refractivity contribution < 1.29 is 9.90 Å². The highest BCUT2D eigenvalue weighted by Gasteiger charge is 2.12. The van der Waals surface area contributed by atoms with E-state index in [4.69, 9.17) is 5.11 Å². The van der Waals surface area contributed by atoms with Gasteiger partial charge in [0.15, 0.2) is 0 Å². The van der Waals surface area contributed by atoms with Crippen LogP contribution in [-0.4, -0.2) is 26.8 Å². The van der Waals surface area contributed by atoms with E-state index in [-0.39, 0.29) is 5.92 Å². The van der Waals surface area contributed by atoms with E-state index in [0.29, 0.717) is 11.7 Å². The van der Waals surface area contributed by atoms with Crippen molar-refractivity contribution >= 4 is 17.7 Å². The molecule has 1 aromatic heterocycles. The largest absolute Gasteiger partial charge is 0.481 e. The third-order valence-electron chi connectivity index (χ3n) is 2.16. The molecule has 5 heteroatoms. The van der Waals surface area contributed by atoms with Crippen LogP contribution in [0.3, 0.4) is 0 Å². The lowest BCUT2D eigenvalue weighted by atomic mass is 10.1. The molecule has 0 aliphatic carbocycles. The van der Waals surface area contributed by atoms with Crippen molar-refractivity contribution in [3.05, 3.63) is 18.1 Å². The number of thioether (sulfide) groups is 1. The average molecular weight is 240 g/mol. The second-order valence-electron chi connectivity index (χ2n) is 3.99. The summed E-state index contributed by atoms with van der Waals surface area (Å²) in [5, 5.41) is 9.60. The molecule has 1 heterocycles. The van der Waals surface area contributed by atoms with E-state index < -0.39 is 5.97 Å². The van der Waals surface area contributed by atoms with Crippen molar-refractivity contribution in [2.75, 3.05) is 5.75 Å². The molecule has 1 aromatic rings. The van der Waals surface area contributed by atoms with E-state index in [1.807, 2.05) is 6.07 Å². The van der Waals surface area contributed by atoms with Gasteiger partial charge in [-0.2, -0.15) is 0 Å². The Labute approximate surface area is 99.5 Å². The monoisotopic (exact) mass is 240 g/mol. The van der Waals surface area contributed by atoms with Gasteiger partial charge < -0.3 is 5.11 Å². The van der Waals surface area contributed by atoms with Crippen LogP contribution in [-0.2, 0) is 4.79 Å². The lowest BCUT2D eigenvalue weighted by Gasteiger charge is -2.07. The van der Waals surface area contributed by atoms with Crippen molar-refractivity contribution in [2.24, 2.45) is 5.92 Å². The molecule has 0 spiro atoms. The van der Waals surface area contributed by atoms with Crippen molar-refractivity contribution in [2.45, 2.75) is 31.7 Å². The van der Waals surface area contributed by atoms with Gasteiger partial charge in [-0.15, -0.1) is 11.8 Å². The SMILES string of the molecule is CC(CSc1cc(C(C)C)ncn1)C(=O)O. The number of carboxylic acids is 1. The maximum atomic E-state index is 10.6. The molecule has 16 heavy (non-hydrogen) atoms. The lowest BCUT2D eigenvalue weighted by Crippen LogP contribution is -2.11. The topological polar surface area (TPSA) is 63.1 Å². The summed E-state index contributed by atoms with van der Waals surface area (Å²) in [6.07, 6.45) is 1.53. The van der Waals surface area contributed by atoms with E-state index in [1.54, 1.807) is 6.92 Å². The summed E-state index contributed by atoms with van der Waals surface area (Å²) in [6, 6.07) is 1.92. The zero-order valence-electron chi connectivity index (χ0n) is 9.67. The Bertz CT molecular complexity index is 369. The molecule has 0 aliphatic heterocycles. The Morgan fingerprint density at radius 1 is 1.44 bits per heavy atom. The maximum Gasteiger partial charge on any atom is 0.307 e. The number of aliphatic carboxylic acids is 1. The molecular weight excluding hydrogens is 224 g/mol. The molecule has 0 fully saturated rings. The molecule has 0 saturated carbocycles. The predicted molar refractivity (Wildman–Crippen MR) is 63.6 cm³/mol. The van der Waals surface area contributed by atoms with Gasteiger partial charge in [-0.3, -0.25) is 4.79 Å². The van der Waals surface area contributed by atoms with Gasteiger partial charge in [0.05, 0.1) is 10.9 Å². The second kappa shape index (κ2) is 5.84. The summed E-state index contributed by atoms with van der Waals surface area (Å²) in [6.45, 7) is 5.83. The first-order valence-electron chi connectivity index (χ1n) is 5.18. The summed E-state index contributed by atoms with van der Waals surface area (Å²) < 4.78 is 0. The van der Waals surface area contributed by atoms with Crippen LogP contribution in [0.25, 0.3) is 0 Å². The van der Waals surface area contributed by atoms with Crippen molar-refractivity contribution in [1.29, 1.82) is 0 Å². The standard InChI is InChI=1S/C11H16N2O2S/c1-7(2)9-4-10(13-6-12-9)16-5-8(3)11(14)15/h4,6-8H,5H2,1-3H3,(H,14,15). The number of hydrogen-bond donors (Lipinski definition) is 1. The minimum atomic E-state index is -0.773. The van der Waals surface area contributed by atoms with Crippen LogP contribution in [0, 0.1) is 5.92 Å². The Balaban J connectivity index is 2.60. The molecule has 0 radical (unpaired) electrons. The molecule has 0 saturated heterocycles. The Morgan fingerprint density at radius 2 is 2.12 bits per heavy atom. The van der Waals surface area contributed by atoms with Crippen LogP contribution in [0.15, 0.2) is 17.4 Å². The van der Waals surface area contributed by atoms with Gasteiger partial charge in [0.2, 0.25) is 0 Å². The molecule has 0 amide bonds. The highest BCUT2D eigenvalue weighted by atomic mass is 32.2. The zero-order chi connectivity index (χ0) is 12.1. The number of aromatic nitrogens is 2. The quantitative estimate of drug-likeness (QED) is 0.632. The molecule has 1 atom stereocenters. The van der Waals surface area contributed by atoms with E-state index in [1.165, 1.54) is 18.1 Å². The Kier molecular flexibility index (Phi) is 4.73. The fraction of sp³-hybridized carbons (Fsp3) is 0.545. The normalized spacial score (nSPS) is 12.8. The lowest BCUT2D eigenvalue weighted by molar-refractivity contribution is -0.140. The molecule has 0 aliphatic rings. The van der Waals surface area contributed by atoms with Gasteiger partial charge in [0.25, 0.3) is 0 Å². The first-order valence-corrected chi connectivity index (χ1v) is 6.16. The first-order chi connectivity index (χ1) is 7.50. The average Bonchev–Trinajstić information content (AvgIpc) is 2.26. The second-order valence-corrected chi connectivity index (χ2v) is 5.03. The molecule has 1 unspecified atom stereocenters. The third-order valence-corrected chi connectivity index (χ3v) is 3.34. The van der Waals surface area contributed by atoms with Crippen LogP contribution >= 0.6 is 11.8 Å². The van der Waals surface area contributed by atoms with Gasteiger partial charge in [-0.25, -0.2) is 9.97 Å². The smallest absolute Gasteiger partial charge is 0.307 e. The summed E-state index contributed by atoms with van der Waals surface area (Å²) in [7, 11) is 0. The van der Waals surface area contributed by atoms with Crippen LogP contribution in [0.4, 0.5) is 0 Å². The molecule has 88 valence electrons. The highest BCUT2D eigenvalue weighted by Crippen LogP contribution is 2.21. The molecular formula is C11H16N2O2S. The van der Waals surface area contributed by atoms with Gasteiger partial charge in [0, 0.05) is 11.4 Å². The van der Waals surface area contributed by atoms with Crippen LogP contribution in [0.1, 0.15) is 32.4 Å². The maximum absolute atomic E-state index is 10.6. The number of rotatable bonds is 5. The fourth-order valence-electron chi connectivity index (χ4n) is 1.03. The Morgan fingerprint density at radius 3 is 2.69 bits per heavy atom. The number of nitrogens with zero attached hydrogens (tertiary/aromatic N) is 2. The molecule has 0 aromatic carbocycles. The van der Waals surface area contributed by atoms with Gasteiger partial charge in [-0.1, -0.05) is 20.8 Å². The Hall–Kier alpha value is -1.10. The van der Waals surface area contributed by atoms with Crippen LogP contribution < -0.4 is 0 Å². The molecule has 1 N–H and O–H groups in total. The van der Waals surface area contributed by atoms with Crippen molar-refractivity contribution in [1.82, 2.24) is 9.97 Å². The number of carboxylic acid groups (broad SMARTS) is 1.